The minimum Gasteiger partial charge on any atom is -0.379 e. The number of morpholine rings is 1. The number of hydrogen-bond acceptors (Lipinski definition) is 4. The summed E-state index contributed by atoms with van der Waals surface area (Å²) in [6.07, 6.45) is 0.499. The molecular formula is C24H33N3O2. The van der Waals surface area contributed by atoms with Crippen LogP contribution in [-0.4, -0.2) is 57.8 Å². The van der Waals surface area contributed by atoms with Gasteiger partial charge in [-0.05, 0) is 29.2 Å². The molecule has 2 unspecified atom stereocenters. The molecule has 0 radical (unpaired) electrons. The number of rotatable bonds is 8. The number of hydrogen-bond donors (Lipinski definition) is 1. The number of ether oxygens (including phenoxy) is 1. The Kier molecular flexibility index (Phi) is 7.67. The molecule has 1 aliphatic heterocycles. The molecular weight excluding hydrogens is 362 g/mol. The maximum Gasteiger partial charge on any atom is 0.220 e. The second-order valence-electron chi connectivity index (χ2n) is 7.97. The van der Waals surface area contributed by atoms with Crippen LogP contribution in [0.1, 0.15) is 36.4 Å². The van der Waals surface area contributed by atoms with Crippen LogP contribution in [0.5, 0.6) is 0 Å². The lowest BCUT2D eigenvalue weighted by Gasteiger charge is -2.35. The fourth-order valence-electron chi connectivity index (χ4n) is 3.80. The fraction of sp³-hybridized carbons (Fsp3) is 0.458. The van der Waals surface area contributed by atoms with Crippen molar-refractivity contribution in [1.29, 1.82) is 0 Å². The van der Waals surface area contributed by atoms with Crippen LogP contribution in [0.4, 0.5) is 5.69 Å². The summed E-state index contributed by atoms with van der Waals surface area (Å²) in [6.45, 7) is 5.97. The highest BCUT2D eigenvalue weighted by atomic mass is 16.5. The van der Waals surface area contributed by atoms with Gasteiger partial charge in [0.2, 0.25) is 5.91 Å². The van der Waals surface area contributed by atoms with E-state index in [0.717, 1.165) is 26.3 Å². The molecule has 1 amide bonds. The quantitative estimate of drug-likeness (QED) is 0.744. The van der Waals surface area contributed by atoms with E-state index in [1.165, 1.54) is 16.8 Å². The molecule has 0 spiro atoms. The van der Waals surface area contributed by atoms with E-state index in [1.807, 2.05) is 32.3 Å². The first-order chi connectivity index (χ1) is 14.0. The van der Waals surface area contributed by atoms with Crippen molar-refractivity contribution in [3.05, 3.63) is 65.7 Å². The normalized spacial score (nSPS) is 16.8. The van der Waals surface area contributed by atoms with Gasteiger partial charge in [0.25, 0.3) is 0 Å². The largest absolute Gasteiger partial charge is 0.379 e. The van der Waals surface area contributed by atoms with E-state index in [0.29, 0.717) is 13.0 Å². The predicted molar refractivity (Wildman–Crippen MR) is 118 cm³/mol. The van der Waals surface area contributed by atoms with Gasteiger partial charge in [-0.25, -0.2) is 0 Å². The molecule has 2 aromatic carbocycles. The van der Waals surface area contributed by atoms with Gasteiger partial charge in [-0.3, -0.25) is 9.69 Å². The van der Waals surface area contributed by atoms with Gasteiger partial charge in [0.05, 0.1) is 19.3 Å². The van der Waals surface area contributed by atoms with Crippen LogP contribution in [-0.2, 0) is 9.53 Å². The minimum atomic E-state index is 0.101. The molecule has 5 heteroatoms. The molecule has 1 aliphatic rings. The summed E-state index contributed by atoms with van der Waals surface area (Å²) in [6, 6.07) is 19.0. The van der Waals surface area contributed by atoms with Crippen molar-refractivity contribution in [2.24, 2.45) is 0 Å². The van der Waals surface area contributed by atoms with Crippen molar-refractivity contribution in [3.8, 4) is 0 Å². The highest BCUT2D eigenvalue weighted by Crippen LogP contribution is 2.24. The third-order valence-electron chi connectivity index (χ3n) is 5.63. The summed E-state index contributed by atoms with van der Waals surface area (Å²) in [7, 11) is 4.09. The van der Waals surface area contributed by atoms with E-state index in [-0.39, 0.29) is 17.9 Å². The fourth-order valence-corrected chi connectivity index (χ4v) is 3.80. The van der Waals surface area contributed by atoms with E-state index < -0.39 is 0 Å². The molecule has 156 valence electrons. The number of benzene rings is 2. The van der Waals surface area contributed by atoms with Crippen molar-refractivity contribution < 1.29 is 9.53 Å². The Morgan fingerprint density at radius 1 is 1.03 bits per heavy atom. The van der Waals surface area contributed by atoms with Crippen molar-refractivity contribution in [1.82, 2.24) is 10.2 Å². The van der Waals surface area contributed by atoms with E-state index in [1.54, 1.807) is 0 Å². The number of amides is 1. The lowest BCUT2D eigenvalue weighted by atomic mass is 9.97. The van der Waals surface area contributed by atoms with E-state index in [9.17, 15) is 4.79 Å². The standard InChI is InChI=1S/C24H33N3O2/c1-19(20-7-5-4-6-8-20)17-24(28)25-18-23(27-13-15-29-16-14-27)21-9-11-22(12-10-21)26(2)3/h4-12,19,23H,13-18H2,1-3H3,(H,25,28). The van der Waals surface area contributed by atoms with Gasteiger partial charge in [-0.2, -0.15) is 0 Å². The average Bonchev–Trinajstić information content (AvgIpc) is 2.75. The van der Waals surface area contributed by atoms with Crippen molar-refractivity contribution >= 4 is 11.6 Å². The molecule has 29 heavy (non-hydrogen) atoms. The molecule has 1 N–H and O–H groups in total. The zero-order valence-electron chi connectivity index (χ0n) is 17.8. The Balaban J connectivity index is 1.64. The summed E-state index contributed by atoms with van der Waals surface area (Å²) < 4.78 is 5.53. The van der Waals surface area contributed by atoms with Gasteiger partial charge < -0.3 is 15.0 Å². The number of nitrogens with zero attached hydrogens (tertiary/aromatic N) is 2. The lowest BCUT2D eigenvalue weighted by Crippen LogP contribution is -2.44. The first-order valence-electron chi connectivity index (χ1n) is 10.5. The molecule has 0 aromatic heterocycles. The Morgan fingerprint density at radius 3 is 2.31 bits per heavy atom. The first kappa shape index (κ1) is 21.3. The zero-order chi connectivity index (χ0) is 20.6. The van der Waals surface area contributed by atoms with Crippen LogP contribution in [0, 0.1) is 0 Å². The van der Waals surface area contributed by atoms with E-state index in [4.69, 9.17) is 4.74 Å². The van der Waals surface area contributed by atoms with Gasteiger partial charge in [0, 0.05) is 45.8 Å². The lowest BCUT2D eigenvalue weighted by molar-refractivity contribution is -0.121. The number of nitrogens with one attached hydrogen (secondary N) is 1. The Labute approximate surface area is 174 Å². The molecule has 5 nitrogen and oxygen atoms in total. The maximum atomic E-state index is 12.6. The molecule has 1 heterocycles. The van der Waals surface area contributed by atoms with Gasteiger partial charge >= 0.3 is 0 Å². The van der Waals surface area contributed by atoms with E-state index in [2.05, 4.69) is 58.4 Å². The number of carbonyl (C=O) groups is 1. The Bertz CT molecular complexity index is 755. The molecule has 1 saturated heterocycles. The molecule has 2 aromatic rings. The van der Waals surface area contributed by atoms with Crippen LogP contribution >= 0.6 is 0 Å². The second-order valence-corrected chi connectivity index (χ2v) is 7.97. The molecule has 0 bridgehead atoms. The highest BCUT2D eigenvalue weighted by Gasteiger charge is 2.23. The SMILES string of the molecule is CC(CC(=O)NCC(c1ccc(N(C)C)cc1)N1CCOCC1)c1ccccc1. The Morgan fingerprint density at radius 2 is 1.69 bits per heavy atom. The highest BCUT2D eigenvalue weighted by molar-refractivity contribution is 5.76. The van der Waals surface area contributed by atoms with Crippen LogP contribution < -0.4 is 10.2 Å². The van der Waals surface area contributed by atoms with Gasteiger partial charge in [0.15, 0.2) is 0 Å². The van der Waals surface area contributed by atoms with Crippen molar-refractivity contribution in [2.75, 3.05) is 51.8 Å². The smallest absolute Gasteiger partial charge is 0.220 e. The predicted octanol–water partition coefficient (Wildman–Crippen LogP) is 3.44. The van der Waals surface area contributed by atoms with Crippen LogP contribution in [0.15, 0.2) is 54.6 Å². The topological polar surface area (TPSA) is 44.8 Å². The minimum absolute atomic E-state index is 0.101. The third kappa shape index (κ3) is 6.05. The van der Waals surface area contributed by atoms with Crippen LogP contribution in [0.2, 0.25) is 0 Å². The van der Waals surface area contributed by atoms with Crippen LogP contribution in [0.25, 0.3) is 0 Å². The van der Waals surface area contributed by atoms with Gasteiger partial charge in [0.1, 0.15) is 0 Å². The van der Waals surface area contributed by atoms with Gasteiger partial charge in [-0.15, -0.1) is 0 Å². The summed E-state index contributed by atoms with van der Waals surface area (Å²) in [4.78, 5) is 17.1. The summed E-state index contributed by atoms with van der Waals surface area (Å²) in [5.41, 5.74) is 3.61. The molecule has 0 aliphatic carbocycles. The molecule has 3 rings (SSSR count). The monoisotopic (exact) mass is 395 g/mol. The molecule has 1 fully saturated rings. The maximum absolute atomic E-state index is 12.6. The van der Waals surface area contributed by atoms with Crippen LogP contribution in [0.3, 0.4) is 0 Å². The van der Waals surface area contributed by atoms with Crippen molar-refractivity contribution in [3.63, 3.8) is 0 Å². The second kappa shape index (κ2) is 10.4. The van der Waals surface area contributed by atoms with Crippen molar-refractivity contribution in [2.45, 2.75) is 25.3 Å². The molecule has 0 saturated carbocycles. The summed E-state index contributed by atoms with van der Waals surface area (Å²) in [5.74, 6) is 0.307. The number of carbonyl (C=O) groups excluding carboxylic acids is 1. The zero-order valence-corrected chi connectivity index (χ0v) is 17.8. The summed E-state index contributed by atoms with van der Waals surface area (Å²) >= 11 is 0. The van der Waals surface area contributed by atoms with E-state index >= 15 is 0 Å². The third-order valence-corrected chi connectivity index (χ3v) is 5.63. The first-order valence-corrected chi connectivity index (χ1v) is 10.5. The number of anilines is 1. The average molecular weight is 396 g/mol. The van der Waals surface area contributed by atoms with Gasteiger partial charge in [-0.1, -0.05) is 49.4 Å². The summed E-state index contributed by atoms with van der Waals surface area (Å²) in [5, 5.41) is 3.18. The Hall–Kier alpha value is -2.37. The molecule has 2 atom stereocenters.